The number of aliphatic carboxylic acids is 1. The normalized spacial score (nSPS) is 12.4. The summed E-state index contributed by atoms with van der Waals surface area (Å²) in [6.07, 6.45) is 0. The van der Waals surface area contributed by atoms with Crippen LogP contribution in [0.15, 0.2) is 30.3 Å². The van der Waals surface area contributed by atoms with Gasteiger partial charge in [0.25, 0.3) is 0 Å². The standard InChI is InChI=1S/C9H11NO2/c10-6-8(9(11)12)7-4-2-1-3-5-7/h1-5,8H,6,10H2,(H,11,12). The summed E-state index contributed by atoms with van der Waals surface area (Å²) in [4.78, 5) is 10.7. The van der Waals surface area contributed by atoms with Crippen LogP contribution in [-0.2, 0) is 4.79 Å². The van der Waals surface area contributed by atoms with Crippen molar-refractivity contribution in [3.63, 3.8) is 0 Å². The smallest absolute Gasteiger partial charge is 0.312 e. The van der Waals surface area contributed by atoms with Gasteiger partial charge in [-0.05, 0) is 5.56 Å². The Balaban J connectivity index is 2.88. The molecule has 0 aliphatic heterocycles. The number of carboxylic acids is 1. The second-order valence-corrected chi connectivity index (χ2v) is 2.54. The van der Waals surface area contributed by atoms with E-state index in [4.69, 9.17) is 10.8 Å². The van der Waals surface area contributed by atoms with E-state index in [9.17, 15) is 4.79 Å². The number of hydrogen-bond donors (Lipinski definition) is 2. The Labute approximate surface area is 70.8 Å². The van der Waals surface area contributed by atoms with Gasteiger partial charge in [-0.25, -0.2) is 0 Å². The Bertz CT molecular complexity index is 258. The quantitative estimate of drug-likeness (QED) is 0.696. The molecule has 1 atom stereocenters. The van der Waals surface area contributed by atoms with E-state index >= 15 is 0 Å². The van der Waals surface area contributed by atoms with E-state index < -0.39 is 11.9 Å². The molecule has 3 nitrogen and oxygen atoms in total. The van der Waals surface area contributed by atoms with Gasteiger partial charge < -0.3 is 10.8 Å². The van der Waals surface area contributed by atoms with Gasteiger partial charge in [0.2, 0.25) is 0 Å². The highest BCUT2D eigenvalue weighted by atomic mass is 16.4. The molecular weight excluding hydrogens is 154 g/mol. The number of rotatable bonds is 3. The third-order valence-electron chi connectivity index (χ3n) is 1.74. The average molecular weight is 165 g/mol. The van der Waals surface area contributed by atoms with Gasteiger partial charge in [-0.15, -0.1) is 0 Å². The molecule has 0 aliphatic carbocycles. The second-order valence-electron chi connectivity index (χ2n) is 2.54. The minimum Gasteiger partial charge on any atom is -0.481 e. The minimum atomic E-state index is -0.872. The molecule has 0 aromatic heterocycles. The third kappa shape index (κ3) is 1.83. The average Bonchev–Trinajstić information content (AvgIpc) is 2.07. The first kappa shape index (κ1) is 8.74. The zero-order valence-electron chi connectivity index (χ0n) is 6.60. The molecule has 1 aromatic rings. The molecule has 0 heterocycles. The molecule has 0 spiro atoms. The molecule has 0 fully saturated rings. The molecule has 1 unspecified atom stereocenters. The fourth-order valence-corrected chi connectivity index (χ4v) is 1.06. The summed E-state index contributed by atoms with van der Waals surface area (Å²) >= 11 is 0. The van der Waals surface area contributed by atoms with Crippen LogP contribution in [0, 0.1) is 0 Å². The molecule has 64 valence electrons. The molecule has 0 saturated carbocycles. The maximum Gasteiger partial charge on any atom is 0.312 e. The predicted octanol–water partition coefficient (Wildman–Crippen LogP) is 0.813. The van der Waals surface area contributed by atoms with Gasteiger partial charge in [-0.3, -0.25) is 4.79 Å². The maximum absolute atomic E-state index is 10.7. The lowest BCUT2D eigenvalue weighted by atomic mass is 10.00. The summed E-state index contributed by atoms with van der Waals surface area (Å²) in [5, 5.41) is 8.75. The zero-order chi connectivity index (χ0) is 8.97. The zero-order valence-corrected chi connectivity index (χ0v) is 6.60. The van der Waals surface area contributed by atoms with E-state index in [1.54, 1.807) is 24.3 Å². The largest absolute Gasteiger partial charge is 0.481 e. The SMILES string of the molecule is NCC(C(=O)O)c1ccccc1. The predicted molar refractivity (Wildman–Crippen MR) is 45.9 cm³/mol. The molecule has 3 N–H and O–H groups in total. The first-order valence-electron chi connectivity index (χ1n) is 3.73. The van der Waals surface area contributed by atoms with Crippen molar-refractivity contribution in [2.45, 2.75) is 5.92 Å². The molecule has 0 saturated heterocycles. The number of hydrogen-bond acceptors (Lipinski definition) is 2. The molecule has 1 aromatic carbocycles. The van der Waals surface area contributed by atoms with Crippen LogP contribution < -0.4 is 5.73 Å². The van der Waals surface area contributed by atoms with Crippen molar-refractivity contribution in [3.05, 3.63) is 35.9 Å². The summed E-state index contributed by atoms with van der Waals surface area (Å²) in [6.45, 7) is 0.138. The number of carbonyl (C=O) groups is 1. The fraction of sp³-hybridized carbons (Fsp3) is 0.222. The van der Waals surface area contributed by atoms with E-state index in [2.05, 4.69) is 0 Å². The first-order valence-corrected chi connectivity index (χ1v) is 3.73. The monoisotopic (exact) mass is 165 g/mol. The summed E-state index contributed by atoms with van der Waals surface area (Å²) in [7, 11) is 0. The highest BCUT2D eigenvalue weighted by Gasteiger charge is 2.16. The van der Waals surface area contributed by atoms with Crippen molar-refractivity contribution in [3.8, 4) is 0 Å². The van der Waals surface area contributed by atoms with Crippen LogP contribution in [0.2, 0.25) is 0 Å². The minimum absolute atomic E-state index is 0.138. The van der Waals surface area contributed by atoms with Crippen LogP contribution in [0.5, 0.6) is 0 Å². The third-order valence-corrected chi connectivity index (χ3v) is 1.74. The molecule has 1 rings (SSSR count). The van der Waals surface area contributed by atoms with Crippen molar-refractivity contribution < 1.29 is 9.90 Å². The topological polar surface area (TPSA) is 63.3 Å². The van der Waals surface area contributed by atoms with Crippen molar-refractivity contribution in [2.24, 2.45) is 5.73 Å². The van der Waals surface area contributed by atoms with E-state index in [1.807, 2.05) is 6.07 Å². The lowest BCUT2D eigenvalue weighted by molar-refractivity contribution is -0.138. The van der Waals surface area contributed by atoms with Crippen molar-refractivity contribution in [1.82, 2.24) is 0 Å². The van der Waals surface area contributed by atoms with Gasteiger partial charge in [0.1, 0.15) is 0 Å². The van der Waals surface area contributed by atoms with Crippen LogP contribution in [0.4, 0.5) is 0 Å². The van der Waals surface area contributed by atoms with Gasteiger partial charge in [-0.1, -0.05) is 30.3 Å². The Hall–Kier alpha value is -1.35. The highest BCUT2D eigenvalue weighted by Crippen LogP contribution is 2.13. The van der Waals surface area contributed by atoms with Gasteiger partial charge in [0.15, 0.2) is 0 Å². The lowest BCUT2D eigenvalue weighted by Crippen LogP contribution is -2.20. The number of nitrogens with two attached hydrogens (primary N) is 1. The van der Waals surface area contributed by atoms with Crippen LogP contribution in [0.3, 0.4) is 0 Å². The van der Waals surface area contributed by atoms with E-state index in [1.165, 1.54) is 0 Å². The second kappa shape index (κ2) is 3.88. The maximum atomic E-state index is 10.7. The van der Waals surface area contributed by atoms with E-state index in [0.29, 0.717) is 0 Å². The van der Waals surface area contributed by atoms with Crippen molar-refractivity contribution >= 4 is 5.97 Å². The van der Waals surface area contributed by atoms with Crippen LogP contribution in [-0.4, -0.2) is 17.6 Å². The molecule has 0 bridgehead atoms. The first-order chi connectivity index (χ1) is 5.75. The van der Waals surface area contributed by atoms with Crippen molar-refractivity contribution in [1.29, 1.82) is 0 Å². The van der Waals surface area contributed by atoms with Crippen LogP contribution in [0.1, 0.15) is 11.5 Å². The highest BCUT2D eigenvalue weighted by molar-refractivity contribution is 5.76. The number of carboxylic acid groups (broad SMARTS) is 1. The van der Waals surface area contributed by atoms with Gasteiger partial charge >= 0.3 is 5.97 Å². The summed E-state index contributed by atoms with van der Waals surface area (Å²) in [5.41, 5.74) is 6.08. The summed E-state index contributed by atoms with van der Waals surface area (Å²) < 4.78 is 0. The van der Waals surface area contributed by atoms with Crippen LogP contribution >= 0.6 is 0 Å². The molecule has 3 heteroatoms. The lowest BCUT2D eigenvalue weighted by Gasteiger charge is -2.08. The Morgan fingerprint density at radius 3 is 2.42 bits per heavy atom. The Morgan fingerprint density at radius 2 is 2.00 bits per heavy atom. The molecular formula is C9H11NO2. The van der Waals surface area contributed by atoms with Crippen LogP contribution in [0.25, 0.3) is 0 Å². The molecule has 0 radical (unpaired) electrons. The molecule has 0 aliphatic rings. The summed E-state index contributed by atoms with van der Waals surface area (Å²) in [6, 6.07) is 9.00. The van der Waals surface area contributed by atoms with Gasteiger partial charge in [-0.2, -0.15) is 0 Å². The Morgan fingerprint density at radius 1 is 1.42 bits per heavy atom. The fourth-order valence-electron chi connectivity index (χ4n) is 1.06. The number of benzene rings is 1. The molecule has 0 amide bonds. The van der Waals surface area contributed by atoms with Crippen molar-refractivity contribution in [2.75, 3.05) is 6.54 Å². The molecule has 12 heavy (non-hydrogen) atoms. The Kier molecular flexibility index (Phi) is 2.82. The van der Waals surface area contributed by atoms with E-state index in [0.717, 1.165) is 5.56 Å². The summed E-state index contributed by atoms with van der Waals surface area (Å²) in [5.74, 6) is -1.45. The van der Waals surface area contributed by atoms with E-state index in [-0.39, 0.29) is 6.54 Å². The van der Waals surface area contributed by atoms with Gasteiger partial charge in [0, 0.05) is 6.54 Å². The van der Waals surface area contributed by atoms with Gasteiger partial charge in [0.05, 0.1) is 5.92 Å².